The molecule has 1 fully saturated rings. The lowest BCUT2D eigenvalue weighted by Gasteiger charge is -2.16. The lowest BCUT2D eigenvalue weighted by Crippen LogP contribution is -2.34. The van der Waals surface area contributed by atoms with E-state index in [4.69, 9.17) is 16.3 Å². The third-order valence-electron chi connectivity index (χ3n) is 2.18. The van der Waals surface area contributed by atoms with Crippen molar-refractivity contribution in [2.24, 2.45) is 0 Å². The highest BCUT2D eigenvalue weighted by molar-refractivity contribution is 6.28. The summed E-state index contributed by atoms with van der Waals surface area (Å²) in [6.45, 7) is 2.32. The largest absolute Gasteiger partial charge is 0.447 e. The number of anilines is 1. The number of cyclic esters (lactones) is 1. The van der Waals surface area contributed by atoms with Gasteiger partial charge in [0.1, 0.15) is 12.9 Å². The average molecular weight is 229 g/mol. The molecular weight excluding hydrogens is 220 g/mol. The van der Waals surface area contributed by atoms with Crippen LogP contribution in [0.4, 0.5) is 10.7 Å². The van der Waals surface area contributed by atoms with Gasteiger partial charge in [0, 0.05) is 0 Å². The van der Waals surface area contributed by atoms with Gasteiger partial charge < -0.3 is 4.74 Å². The van der Waals surface area contributed by atoms with Crippen LogP contribution in [-0.2, 0) is 4.74 Å². The minimum Gasteiger partial charge on any atom is -0.447 e. The Morgan fingerprint density at radius 2 is 2.47 bits per heavy atom. The van der Waals surface area contributed by atoms with Crippen molar-refractivity contribution in [2.75, 3.05) is 11.5 Å². The van der Waals surface area contributed by atoms with Crippen LogP contribution in [0.5, 0.6) is 0 Å². The topological polar surface area (TPSA) is 68.2 Å². The van der Waals surface area contributed by atoms with Crippen molar-refractivity contribution in [2.45, 2.75) is 19.4 Å². The van der Waals surface area contributed by atoms with Gasteiger partial charge in [0.25, 0.3) is 0 Å². The van der Waals surface area contributed by atoms with E-state index in [-0.39, 0.29) is 17.3 Å². The van der Waals surface area contributed by atoms with Gasteiger partial charge in [-0.1, -0.05) is 6.92 Å². The molecule has 6 nitrogen and oxygen atoms in total. The third-order valence-corrected chi connectivity index (χ3v) is 2.36. The van der Waals surface area contributed by atoms with E-state index in [1.165, 1.54) is 11.2 Å². The van der Waals surface area contributed by atoms with E-state index >= 15 is 0 Å². The second kappa shape index (κ2) is 3.98. The Morgan fingerprint density at radius 1 is 1.67 bits per heavy atom. The number of rotatable bonds is 2. The van der Waals surface area contributed by atoms with Crippen molar-refractivity contribution in [1.29, 1.82) is 0 Å². The quantitative estimate of drug-likeness (QED) is 0.762. The molecular formula is C8H9ClN4O2. The molecule has 1 aromatic heterocycles. The van der Waals surface area contributed by atoms with Crippen LogP contribution in [-0.4, -0.2) is 33.7 Å². The van der Waals surface area contributed by atoms with E-state index < -0.39 is 6.09 Å². The van der Waals surface area contributed by atoms with Crippen molar-refractivity contribution >= 4 is 23.6 Å². The molecule has 1 saturated heterocycles. The van der Waals surface area contributed by atoms with E-state index in [1.54, 1.807) is 0 Å². The predicted octanol–water partition coefficient (Wildman–Crippen LogP) is 1.26. The van der Waals surface area contributed by atoms with Crippen LogP contribution in [0.1, 0.15) is 13.3 Å². The normalized spacial score (nSPS) is 20.5. The van der Waals surface area contributed by atoms with Crippen molar-refractivity contribution in [3.8, 4) is 0 Å². The van der Waals surface area contributed by atoms with Crippen molar-refractivity contribution in [3.05, 3.63) is 11.6 Å². The molecule has 0 N–H and O–H groups in total. The highest BCUT2D eigenvalue weighted by Gasteiger charge is 2.34. The Kier molecular flexibility index (Phi) is 2.68. The molecule has 2 heterocycles. The summed E-state index contributed by atoms with van der Waals surface area (Å²) in [4.78, 5) is 24.2. The number of aromatic nitrogens is 3. The summed E-state index contributed by atoms with van der Waals surface area (Å²) in [5, 5.41) is 0.0644. The Hall–Kier alpha value is -1.43. The summed E-state index contributed by atoms with van der Waals surface area (Å²) in [6.07, 6.45) is 1.60. The zero-order valence-electron chi connectivity index (χ0n) is 8.05. The number of amides is 1. The zero-order valence-corrected chi connectivity index (χ0v) is 8.81. The minimum absolute atomic E-state index is 0.0315. The van der Waals surface area contributed by atoms with Gasteiger partial charge in [0.15, 0.2) is 0 Å². The summed E-state index contributed by atoms with van der Waals surface area (Å²) < 4.78 is 4.91. The molecule has 0 aliphatic carbocycles. The Bertz CT molecular complexity index is 387. The number of carbonyl (C=O) groups is 1. The first kappa shape index (κ1) is 10.1. The van der Waals surface area contributed by atoms with Crippen molar-refractivity contribution < 1.29 is 9.53 Å². The molecule has 7 heteroatoms. The molecule has 1 aromatic rings. The predicted molar refractivity (Wildman–Crippen MR) is 52.7 cm³/mol. The van der Waals surface area contributed by atoms with Gasteiger partial charge in [-0.3, -0.25) is 0 Å². The molecule has 0 saturated carbocycles. The smallest absolute Gasteiger partial charge is 0.417 e. The summed E-state index contributed by atoms with van der Waals surface area (Å²) >= 11 is 5.62. The van der Waals surface area contributed by atoms with E-state index in [1.807, 2.05) is 6.92 Å². The van der Waals surface area contributed by atoms with Gasteiger partial charge in [-0.25, -0.2) is 19.7 Å². The highest BCUT2D eigenvalue weighted by atomic mass is 35.5. The Labute approximate surface area is 91.2 Å². The van der Waals surface area contributed by atoms with Crippen molar-refractivity contribution in [1.82, 2.24) is 15.0 Å². The fourth-order valence-electron chi connectivity index (χ4n) is 1.39. The van der Waals surface area contributed by atoms with E-state index in [2.05, 4.69) is 15.0 Å². The molecule has 80 valence electrons. The van der Waals surface area contributed by atoms with Crippen LogP contribution in [0.2, 0.25) is 5.28 Å². The van der Waals surface area contributed by atoms with Crippen LogP contribution in [0.25, 0.3) is 0 Å². The zero-order chi connectivity index (χ0) is 10.8. The molecule has 1 atom stereocenters. The van der Waals surface area contributed by atoms with Gasteiger partial charge in [0.2, 0.25) is 11.2 Å². The third kappa shape index (κ3) is 1.85. The van der Waals surface area contributed by atoms with Gasteiger partial charge in [-0.15, -0.1) is 0 Å². The van der Waals surface area contributed by atoms with Crippen LogP contribution in [0.3, 0.4) is 0 Å². The number of hydrogen-bond acceptors (Lipinski definition) is 5. The molecule has 1 amide bonds. The molecule has 0 spiro atoms. The SMILES string of the molecule is CCC1COC(=O)N1c1ncnc(Cl)n1. The van der Waals surface area contributed by atoms with Gasteiger partial charge >= 0.3 is 6.09 Å². The highest BCUT2D eigenvalue weighted by Crippen LogP contribution is 2.21. The summed E-state index contributed by atoms with van der Waals surface area (Å²) in [7, 11) is 0. The fraction of sp³-hybridized carbons (Fsp3) is 0.500. The Balaban J connectivity index is 2.32. The molecule has 1 unspecified atom stereocenters. The molecule has 1 aliphatic rings. The number of halogens is 1. The first-order chi connectivity index (χ1) is 7.22. The summed E-state index contributed by atoms with van der Waals surface area (Å²) in [5.74, 6) is 0.240. The first-order valence-electron chi connectivity index (χ1n) is 4.53. The lowest BCUT2D eigenvalue weighted by molar-refractivity contribution is 0.178. The number of ether oxygens (including phenoxy) is 1. The molecule has 0 radical (unpaired) electrons. The molecule has 1 aliphatic heterocycles. The lowest BCUT2D eigenvalue weighted by atomic mass is 10.2. The Morgan fingerprint density at radius 3 is 3.13 bits per heavy atom. The molecule has 15 heavy (non-hydrogen) atoms. The molecule has 0 bridgehead atoms. The van der Waals surface area contributed by atoms with Crippen LogP contribution in [0, 0.1) is 0 Å². The minimum atomic E-state index is -0.441. The first-order valence-corrected chi connectivity index (χ1v) is 4.90. The second-order valence-electron chi connectivity index (χ2n) is 3.06. The monoisotopic (exact) mass is 228 g/mol. The van der Waals surface area contributed by atoms with Gasteiger partial charge in [0.05, 0.1) is 6.04 Å². The van der Waals surface area contributed by atoms with Gasteiger partial charge in [-0.05, 0) is 18.0 Å². The van der Waals surface area contributed by atoms with Gasteiger partial charge in [-0.2, -0.15) is 4.98 Å². The molecule has 0 aromatic carbocycles. The van der Waals surface area contributed by atoms with Crippen molar-refractivity contribution in [3.63, 3.8) is 0 Å². The maximum absolute atomic E-state index is 11.4. The summed E-state index contributed by atoms with van der Waals surface area (Å²) in [5.41, 5.74) is 0. The standard InChI is InChI=1S/C8H9ClN4O2/c1-2-5-3-15-8(14)13(5)7-11-4-10-6(9)12-7/h4-5H,2-3H2,1H3. The molecule has 2 rings (SSSR count). The number of nitrogens with zero attached hydrogens (tertiary/aromatic N) is 4. The number of carbonyl (C=O) groups excluding carboxylic acids is 1. The van der Waals surface area contributed by atoms with Crippen LogP contribution in [0.15, 0.2) is 6.33 Å². The fourth-order valence-corrected chi connectivity index (χ4v) is 1.51. The number of hydrogen-bond donors (Lipinski definition) is 0. The van der Waals surface area contributed by atoms with E-state index in [0.29, 0.717) is 6.61 Å². The average Bonchev–Trinajstić information content (AvgIpc) is 2.59. The van der Waals surface area contributed by atoms with E-state index in [0.717, 1.165) is 6.42 Å². The maximum atomic E-state index is 11.4. The summed E-state index contributed by atoms with van der Waals surface area (Å²) in [6, 6.07) is -0.0315. The second-order valence-corrected chi connectivity index (χ2v) is 3.40. The van der Waals surface area contributed by atoms with Crippen LogP contribution >= 0.6 is 11.6 Å². The maximum Gasteiger partial charge on any atom is 0.417 e. The van der Waals surface area contributed by atoms with E-state index in [9.17, 15) is 4.79 Å². The van der Waals surface area contributed by atoms with Crippen LogP contribution < -0.4 is 4.90 Å².